The number of amides is 1. The van der Waals surface area contributed by atoms with Gasteiger partial charge in [-0.05, 0) is 39.3 Å². The quantitative estimate of drug-likeness (QED) is 0.875. The predicted molar refractivity (Wildman–Crippen MR) is 73.5 cm³/mol. The summed E-state index contributed by atoms with van der Waals surface area (Å²) in [6, 6.07) is 0. The standard InChI is InChI=1S/C13H21N3OS/c1-3-13(4-6-14-7-5-13)12(17)15-8-11-10(2)16-9-18-11/h9,14H,3-8H2,1-2H3,(H,15,17). The largest absolute Gasteiger partial charge is 0.351 e. The molecule has 100 valence electrons. The summed E-state index contributed by atoms with van der Waals surface area (Å²) >= 11 is 1.61. The topological polar surface area (TPSA) is 54.0 Å². The van der Waals surface area contributed by atoms with Crippen molar-refractivity contribution in [3.8, 4) is 0 Å². The van der Waals surface area contributed by atoms with E-state index in [1.165, 1.54) is 0 Å². The lowest BCUT2D eigenvalue weighted by Gasteiger charge is -2.35. The minimum atomic E-state index is -0.163. The Bertz CT molecular complexity index is 410. The highest BCUT2D eigenvalue weighted by Crippen LogP contribution is 2.32. The van der Waals surface area contributed by atoms with Crippen LogP contribution in [-0.2, 0) is 11.3 Å². The van der Waals surface area contributed by atoms with Crippen LogP contribution in [0.15, 0.2) is 5.51 Å². The van der Waals surface area contributed by atoms with E-state index in [2.05, 4.69) is 22.5 Å². The van der Waals surface area contributed by atoms with Crippen LogP contribution in [0.1, 0.15) is 36.8 Å². The molecule has 1 aliphatic rings. The van der Waals surface area contributed by atoms with E-state index in [1.54, 1.807) is 11.3 Å². The number of hydrogen-bond acceptors (Lipinski definition) is 4. The third-order valence-electron chi connectivity index (χ3n) is 3.97. The lowest BCUT2D eigenvalue weighted by atomic mass is 9.76. The first-order valence-corrected chi connectivity index (χ1v) is 7.44. The molecule has 0 aliphatic carbocycles. The molecule has 1 aromatic heterocycles. The zero-order valence-corrected chi connectivity index (χ0v) is 11.9. The van der Waals surface area contributed by atoms with Gasteiger partial charge in [-0.15, -0.1) is 11.3 Å². The molecule has 0 bridgehead atoms. The van der Waals surface area contributed by atoms with E-state index in [0.29, 0.717) is 6.54 Å². The van der Waals surface area contributed by atoms with E-state index in [1.807, 2.05) is 12.4 Å². The molecular weight excluding hydrogens is 246 g/mol. The first kappa shape index (κ1) is 13.5. The minimum absolute atomic E-state index is 0.163. The van der Waals surface area contributed by atoms with Gasteiger partial charge < -0.3 is 10.6 Å². The SMILES string of the molecule is CCC1(C(=O)NCc2scnc2C)CCNCC1. The number of piperidine rings is 1. The molecule has 0 atom stereocenters. The fourth-order valence-electron chi connectivity index (χ4n) is 2.49. The van der Waals surface area contributed by atoms with Gasteiger partial charge in [0.25, 0.3) is 0 Å². The first-order chi connectivity index (χ1) is 8.68. The molecule has 0 radical (unpaired) electrons. The highest BCUT2D eigenvalue weighted by atomic mass is 32.1. The third-order valence-corrected chi connectivity index (χ3v) is 4.91. The number of hydrogen-bond donors (Lipinski definition) is 2. The molecule has 2 heterocycles. The molecule has 4 nitrogen and oxygen atoms in total. The Balaban J connectivity index is 1.96. The number of nitrogens with zero attached hydrogens (tertiary/aromatic N) is 1. The number of rotatable bonds is 4. The molecule has 1 aromatic rings. The maximum Gasteiger partial charge on any atom is 0.226 e. The van der Waals surface area contributed by atoms with Crippen LogP contribution in [0.3, 0.4) is 0 Å². The maximum atomic E-state index is 12.4. The summed E-state index contributed by atoms with van der Waals surface area (Å²) in [5.41, 5.74) is 2.69. The Morgan fingerprint density at radius 2 is 2.28 bits per heavy atom. The van der Waals surface area contributed by atoms with Crippen molar-refractivity contribution in [2.24, 2.45) is 5.41 Å². The van der Waals surface area contributed by atoms with Crippen LogP contribution in [-0.4, -0.2) is 24.0 Å². The van der Waals surface area contributed by atoms with E-state index in [-0.39, 0.29) is 11.3 Å². The van der Waals surface area contributed by atoms with Crippen molar-refractivity contribution in [3.63, 3.8) is 0 Å². The van der Waals surface area contributed by atoms with Crippen molar-refractivity contribution < 1.29 is 4.79 Å². The Kier molecular flexibility index (Phi) is 4.35. The van der Waals surface area contributed by atoms with E-state index in [0.717, 1.165) is 42.9 Å². The van der Waals surface area contributed by atoms with Gasteiger partial charge in [0.1, 0.15) is 0 Å². The molecule has 5 heteroatoms. The summed E-state index contributed by atoms with van der Waals surface area (Å²) in [6.07, 6.45) is 2.80. The number of carbonyl (C=O) groups is 1. The van der Waals surface area contributed by atoms with E-state index < -0.39 is 0 Å². The highest BCUT2D eigenvalue weighted by molar-refractivity contribution is 7.09. The Morgan fingerprint density at radius 1 is 1.56 bits per heavy atom. The molecular formula is C13H21N3OS. The zero-order valence-electron chi connectivity index (χ0n) is 11.1. The van der Waals surface area contributed by atoms with Gasteiger partial charge in [-0.3, -0.25) is 4.79 Å². The van der Waals surface area contributed by atoms with Gasteiger partial charge in [-0.1, -0.05) is 6.92 Å². The molecule has 0 saturated carbocycles. The number of carbonyl (C=O) groups excluding carboxylic acids is 1. The molecule has 2 rings (SSSR count). The summed E-state index contributed by atoms with van der Waals surface area (Å²) in [4.78, 5) is 17.8. The summed E-state index contributed by atoms with van der Waals surface area (Å²) in [7, 11) is 0. The number of nitrogens with one attached hydrogen (secondary N) is 2. The normalized spacial score (nSPS) is 18.6. The van der Waals surface area contributed by atoms with Crippen LogP contribution in [0.25, 0.3) is 0 Å². The van der Waals surface area contributed by atoms with Gasteiger partial charge in [0.05, 0.1) is 23.2 Å². The number of thiazole rings is 1. The molecule has 1 aliphatic heterocycles. The molecule has 0 aromatic carbocycles. The van der Waals surface area contributed by atoms with Crippen LogP contribution in [0.2, 0.25) is 0 Å². The number of aromatic nitrogens is 1. The monoisotopic (exact) mass is 267 g/mol. The predicted octanol–water partition coefficient (Wildman–Crippen LogP) is 1.85. The smallest absolute Gasteiger partial charge is 0.226 e. The second-order valence-corrected chi connectivity index (χ2v) is 5.87. The lowest BCUT2D eigenvalue weighted by Crippen LogP contribution is -2.47. The molecule has 2 N–H and O–H groups in total. The summed E-state index contributed by atoms with van der Waals surface area (Å²) in [6.45, 7) is 6.60. The molecule has 1 saturated heterocycles. The van der Waals surface area contributed by atoms with Crippen molar-refractivity contribution in [1.29, 1.82) is 0 Å². The van der Waals surface area contributed by atoms with Gasteiger partial charge in [-0.25, -0.2) is 4.98 Å². The fourth-order valence-corrected chi connectivity index (χ4v) is 3.21. The van der Waals surface area contributed by atoms with Crippen LogP contribution < -0.4 is 10.6 Å². The second-order valence-electron chi connectivity index (χ2n) is 4.93. The summed E-state index contributed by atoms with van der Waals surface area (Å²) in [5, 5.41) is 6.41. The van der Waals surface area contributed by atoms with Gasteiger partial charge in [0.2, 0.25) is 5.91 Å². The third kappa shape index (κ3) is 2.72. The highest BCUT2D eigenvalue weighted by Gasteiger charge is 2.37. The number of aryl methyl sites for hydroxylation is 1. The lowest BCUT2D eigenvalue weighted by molar-refractivity contribution is -0.133. The van der Waals surface area contributed by atoms with Crippen molar-refractivity contribution in [2.45, 2.75) is 39.7 Å². The first-order valence-electron chi connectivity index (χ1n) is 6.56. The van der Waals surface area contributed by atoms with Crippen molar-refractivity contribution in [1.82, 2.24) is 15.6 Å². The second kappa shape index (κ2) is 5.80. The van der Waals surface area contributed by atoms with Crippen LogP contribution in [0.4, 0.5) is 0 Å². The fraction of sp³-hybridized carbons (Fsp3) is 0.692. The van der Waals surface area contributed by atoms with E-state index in [4.69, 9.17) is 0 Å². The van der Waals surface area contributed by atoms with Gasteiger partial charge in [0, 0.05) is 4.88 Å². The van der Waals surface area contributed by atoms with Crippen molar-refractivity contribution in [2.75, 3.05) is 13.1 Å². The summed E-state index contributed by atoms with van der Waals surface area (Å²) in [5.74, 6) is 0.208. The van der Waals surface area contributed by atoms with Crippen LogP contribution >= 0.6 is 11.3 Å². The Labute approximate surface area is 112 Å². The van der Waals surface area contributed by atoms with Crippen LogP contribution in [0.5, 0.6) is 0 Å². The Hall–Kier alpha value is -0.940. The van der Waals surface area contributed by atoms with E-state index in [9.17, 15) is 4.79 Å². The molecule has 1 fully saturated rings. The van der Waals surface area contributed by atoms with Crippen LogP contribution in [0, 0.1) is 12.3 Å². The van der Waals surface area contributed by atoms with Gasteiger partial charge in [0.15, 0.2) is 0 Å². The molecule has 0 unspecified atom stereocenters. The average molecular weight is 267 g/mol. The van der Waals surface area contributed by atoms with Gasteiger partial charge >= 0.3 is 0 Å². The van der Waals surface area contributed by atoms with Crippen molar-refractivity contribution in [3.05, 3.63) is 16.1 Å². The molecule has 0 spiro atoms. The zero-order chi connectivity index (χ0) is 13.0. The minimum Gasteiger partial charge on any atom is -0.351 e. The molecule has 18 heavy (non-hydrogen) atoms. The Morgan fingerprint density at radius 3 is 2.83 bits per heavy atom. The van der Waals surface area contributed by atoms with Crippen molar-refractivity contribution >= 4 is 17.2 Å². The maximum absolute atomic E-state index is 12.4. The average Bonchev–Trinajstić information content (AvgIpc) is 2.82. The van der Waals surface area contributed by atoms with Gasteiger partial charge in [-0.2, -0.15) is 0 Å². The van der Waals surface area contributed by atoms with E-state index >= 15 is 0 Å². The summed E-state index contributed by atoms with van der Waals surface area (Å²) < 4.78 is 0. The molecule has 1 amide bonds.